The third kappa shape index (κ3) is 4.01. The van der Waals surface area contributed by atoms with Gasteiger partial charge < -0.3 is 10.6 Å². The van der Waals surface area contributed by atoms with E-state index >= 15 is 0 Å². The van der Waals surface area contributed by atoms with Gasteiger partial charge in [0.15, 0.2) is 0 Å². The van der Waals surface area contributed by atoms with Crippen molar-refractivity contribution < 1.29 is 9.72 Å². The van der Waals surface area contributed by atoms with E-state index in [0.29, 0.717) is 5.56 Å². The molecule has 0 aliphatic rings. The molecule has 6 heteroatoms. The Morgan fingerprint density at radius 3 is 2.43 bits per heavy atom. The number of likely N-dealkylation sites (N-methyl/N-ethyl adjacent to an activating group) is 1. The number of hydrogen-bond donors (Lipinski definition) is 1. The van der Waals surface area contributed by atoms with Crippen LogP contribution in [0.2, 0.25) is 0 Å². The molecule has 2 atom stereocenters. The summed E-state index contributed by atoms with van der Waals surface area (Å²) in [4.78, 5) is 24.3. The first-order valence-electron chi connectivity index (χ1n) is 6.82. The van der Waals surface area contributed by atoms with Gasteiger partial charge in [-0.25, -0.2) is 0 Å². The fourth-order valence-electron chi connectivity index (χ4n) is 1.90. The smallest absolute Gasteiger partial charge is 0.269 e. The number of benzene rings is 1. The monoisotopic (exact) mass is 293 g/mol. The molecule has 0 saturated heterocycles. The van der Waals surface area contributed by atoms with Crippen LogP contribution in [0.25, 0.3) is 0 Å². The van der Waals surface area contributed by atoms with Gasteiger partial charge in [0.25, 0.3) is 5.69 Å². The third-order valence-electron chi connectivity index (χ3n) is 3.69. The zero-order chi connectivity index (χ0) is 16.4. The highest BCUT2D eigenvalue weighted by molar-refractivity contribution is 5.82. The van der Waals surface area contributed by atoms with Crippen LogP contribution in [-0.2, 0) is 4.79 Å². The number of amides is 1. The van der Waals surface area contributed by atoms with Crippen molar-refractivity contribution >= 4 is 11.6 Å². The summed E-state index contributed by atoms with van der Waals surface area (Å²) in [5.41, 5.74) is 6.37. The lowest BCUT2D eigenvalue weighted by Crippen LogP contribution is -2.49. The van der Waals surface area contributed by atoms with Gasteiger partial charge in [-0.05, 0) is 17.9 Å². The summed E-state index contributed by atoms with van der Waals surface area (Å²) >= 11 is 0. The maximum atomic E-state index is 12.4. The molecule has 1 rings (SSSR count). The lowest BCUT2D eigenvalue weighted by atomic mass is 9.86. The van der Waals surface area contributed by atoms with E-state index in [1.807, 2.05) is 27.7 Å². The maximum Gasteiger partial charge on any atom is 0.269 e. The summed E-state index contributed by atoms with van der Waals surface area (Å²) in [6.07, 6.45) is 0. The number of hydrogen-bond acceptors (Lipinski definition) is 4. The molecule has 0 spiro atoms. The minimum atomic E-state index is -0.622. The van der Waals surface area contributed by atoms with E-state index in [1.165, 1.54) is 17.0 Å². The molecule has 0 bridgehead atoms. The molecule has 0 aliphatic carbocycles. The molecule has 1 aromatic rings. The van der Waals surface area contributed by atoms with Crippen LogP contribution in [0.1, 0.15) is 39.3 Å². The van der Waals surface area contributed by atoms with Gasteiger partial charge in [0.2, 0.25) is 5.91 Å². The van der Waals surface area contributed by atoms with Crippen LogP contribution < -0.4 is 5.73 Å². The first-order valence-corrected chi connectivity index (χ1v) is 6.82. The van der Waals surface area contributed by atoms with E-state index in [4.69, 9.17) is 5.73 Å². The third-order valence-corrected chi connectivity index (χ3v) is 3.69. The number of nitrogens with two attached hydrogens (primary N) is 1. The van der Waals surface area contributed by atoms with Crippen molar-refractivity contribution in [3.8, 4) is 0 Å². The van der Waals surface area contributed by atoms with Crippen molar-refractivity contribution in [2.75, 3.05) is 7.05 Å². The fourth-order valence-corrected chi connectivity index (χ4v) is 1.90. The summed E-state index contributed by atoms with van der Waals surface area (Å²) in [5, 5.41) is 10.8. The standard InChI is InChI=1S/C15H23N3O3/c1-10(11-7-6-8-12(9-11)18(20)21)17(5)14(19)13(16)15(2,3)4/h6-10,13H,16H2,1-5H3/t10?,13-/m1/s1. The Morgan fingerprint density at radius 2 is 1.95 bits per heavy atom. The first-order chi connectivity index (χ1) is 9.55. The molecule has 1 amide bonds. The average molecular weight is 293 g/mol. The first kappa shape index (κ1) is 17.1. The summed E-state index contributed by atoms with van der Waals surface area (Å²) in [5.74, 6) is -0.179. The number of carbonyl (C=O) groups excluding carboxylic acids is 1. The van der Waals surface area contributed by atoms with E-state index in [0.717, 1.165) is 0 Å². The van der Waals surface area contributed by atoms with E-state index in [9.17, 15) is 14.9 Å². The van der Waals surface area contributed by atoms with Gasteiger partial charge in [0.1, 0.15) is 0 Å². The molecular formula is C15H23N3O3. The van der Waals surface area contributed by atoms with Crippen molar-refractivity contribution in [1.82, 2.24) is 4.90 Å². The van der Waals surface area contributed by atoms with Crippen LogP contribution in [0.15, 0.2) is 24.3 Å². The molecule has 1 unspecified atom stereocenters. The van der Waals surface area contributed by atoms with E-state index in [-0.39, 0.29) is 23.1 Å². The molecule has 0 aliphatic heterocycles. The maximum absolute atomic E-state index is 12.4. The van der Waals surface area contributed by atoms with Crippen LogP contribution in [-0.4, -0.2) is 28.8 Å². The lowest BCUT2D eigenvalue weighted by Gasteiger charge is -2.33. The van der Waals surface area contributed by atoms with Crippen molar-refractivity contribution in [2.45, 2.75) is 39.8 Å². The molecule has 0 fully saturated rings. The van der Waals surface area contributed by atoms with Crippen molar-refractivity contribution in [3.63, 3.8) is 0 Å². The number of nitrogens with zero attached hydrogens (tertiary/aromatic N) is 2. The number of rotatable bonds is 4. The van der Waals surface area contributed by atoms with Gasteiger partial charge >= 0.3 is 0 Å². The Balaban J connectivity index is 2.97. The van der Waals surface area contributed by atoms with Gasteiger partial charge in [0.05, 0.1) is 17.0 Å². The van der Waals surface area contributed by atoms with Crippen LogP contribution in [0.5, 0.6) is 0 Å². The largest absolute Gasteiger partial charge is 0.338 e. The van der Waals surface area contributed by atoms with E-state index in [1.54, 1.807) is 19.2 Å². The summed E-state index contributed by atoms with van der Waals surface area (Å²) in [7, 11) is 1.66. The average Bonchev–Trinajstić information content (AvgIpc) is 2.43. The van der Waals surface area contributed by atoms with Crippen molar-refractivity contribution in [3.05, 3.63) is 39.9 Å². The molecule has 0 saturated carbocycles. The topological polar surface area (TPSA) is 89.5 Å². The predicted octanol–water partition coefficient (Wildman–Crippen LogP) is 2.49. The van der Waals surface area contributed by atoms with Crippen LogP contribution in [0.4, 0.5) is 5.69 Å². The second-order valence-corrected chi connectivity index (χ2v) is 6.32. The van der Waals surface area contributed by atoms with Gasteiger partial charge in [-0.15, -0.1) is 0 Å². The number of non-ortho nitro benzene ring substituents is 1. The van der Waals surface area contributed by atoms with Crippen LogP contribution >= 0.6 is 0 Å². The molecule has 6 nitrogen and oxygen atoms in total. The Hall–Kier alpha value is -1.95. The van der Waals surface area contributed by atoms with Crippen molar-refractivity contribution in [2.24, 2.45) is 11.1 Å². The fraction of sp³-hybridized carbons (Fsp3) is 0.533. The Bertz CT molecular complexity index is 537. The Morgan fingerprint density at radius 1 is 1.38 bits per heavy atom. The zero-order valence-electron chi connectivity index (χ0n) is 13.2. The van der Waals surface area contributed by atoms with Gasteiger partial charge in [-0.1, -0.05) is 32.9 Å². The normalized spacial score (nSPS) is 14.4. The SMILES string of the molecule is CC(c1cccc([N+](=O)[O-])c1)N(C)C(=O)[C@@H](N)C(C)(C)C. The Labute approximate surface area is 125 Å². The quantitative estimate of drug-likeness (QED) is 0.682. The second kappa shape index (κ2) is 6.22. The van der Waals surface area contributed by atoms with E-state index in [2.05, 4.69) is 0 Å². The molecule has 0 aromatic heterocycles. The van der Waals surface area contributed by atoms with Gasteiger partial charge in [0, 0.05) is 19.2 Å². The molecule has 0 radical (unpaired) electrons. The molecule has 1 aromatic carbocycles. The van der Waals surface area contributed by atoms with E-state index < -0.39 is 11.0 Å². The minimum absolute atomic E-state index is 0.0142. The summed E-state index contributed by atoms with van der Waals surface area (Å²) < 4.78 is 0. The predicted molar refractivity (Wildman–Crippen MR) is 81.7 cm³/mol. The summed E-state index contributed by atoms with van der Waals surface area (Å²) in [6.45, 7) is 7.54. The highest BCUT2D eigenvalue weighted by Gasteiger charge is 2.31. The highest BCUT2D eigenvalue weighted by Crippen LogP contribution is 2.26. The number of nitro groups is 1. The minimum Gasteiger partial charge on any atom is -0.338 e. The molecule has 21 heavy (non-hydrogen) atoms. The number of nitro benzene ring substituents is 1. The van der Waals surface area contributed by atoms with Gasteiger partial charge in [-0.2, -0.15) is 0 Å². The molecule has 2 N–H and O–H groups in total. The zero-order valence-corrected chi connectivity index (χ0v) is 13.2. The second-order valence-electron chi connectivity index (χ2n) is 6.32. The highest BCUT2D eigenvalue weighted by atomic mass is 16.6. The molecular weight excluding hydrogens is 270 g/mol. The Kier molecular flexibility index (Phi) is 5.06. The van der Waals surface area contributed by atoms with Crippen molar-refractivity contribution in [1.29, 1.82) is 0 Å². The van der Waals surface area contributed by atoms with Crippen LogP contribution in [0, 0.1) is 15.5 Å². The molecule has 116 valence electrons. The van der Waals surface area contributed by atoms with Gasteiger partial charge in [-0.3, -0.25) is 14.9 Å². The molecule has 0 heterocycles. The number of carbonyl (C=O) groups is 1. The summed E-state index contributed by atoms with van der Waals surface area (Å²) in [6, 6.07) is 5.39. The lowest BCUT2D eigenvalue weighted by molar-refractivity contribution is -0.384. The van der Waals surface area contributed by atoms with Crippen LogP contribution in [0.3, 0.4) is 0 Å².